The quantitative estimate of drug-likeness (QED) is 0.620. The Kier molecular flexibility index (Phi) is 2.52. The maximum Gasteiger partial charge on any atom is 0.191 e. The van der Waals surface area contributed by atoms with Crippen LogP contribution in [0.2, 0.25) is 0 Å². The van der Waals surface area contributed by atoms with Crippen LogP contribution in [0.1, 0.15) is 0 Å². The summed E-state index contributed by atoms with van der Waals surface area (Å²) < 4.78 is 0. The van der Waals surface area contributed by atoms with E-state index < -0.39 is 0 Å². The molecule has 70 valence electrons. The molecule has 2 rings (SSSR count). The van der Waals surface area contributed by atoms with Crippen LogP contribution in [0.15, 0.2) is 16.6 Å². The molecule has 4 nitrogen and oxygen atoms in total. The molecule has 0 aromatic carbocycles. The minimum absolute atomic E-state index is 0.344. The highest BCUT2D eigenvalue weighted by molar-refractivity contribution is 7.99. The predicted molar refractivity (Wildman–Crippen MR) is 58.2 cm³/mol. The molecule has 0 unspecified atom stereocenters. The third-order valence-electron chi connectivity index (χ3n) is 1.60. The van der Waals surface area contributed by atoms with E-state index in [0.717, 1.165) is 10.2 Å². The highest BCUT2D eigenvalue weighted by atomic mass is 32.2. The van der Waals surface area contributed by atoms with Gasteiger partial charge in [0.2, 0.25) is 0 Å². The van der Waals surface area contributed by atoms with Gasteiger partial charge in [-0.2, -0.15) is 5.26 Å². The van der Waals surface area contributed by atoms with Crippen molar-refractivity contribution >= 4 is 39.1 Å². The van der Waals surface area contributed by atoms with E-state index >= 15 is 0 Å². The third-order valence-corrected chi connectivity index (χ3v) is 3.12. The molecule has 0 atom stereocenters. The van der Waals surface area contributed by atoms with Crippen molar-refractivity contribution in [1.82, 2.24) is 9.97 Å². The largest absolute Gasteiger partial charge is 0.383 e. The Morgan fingerprint density at radius 1 is 1.57 bits per heavy atom. The van der Waals surface area contributed by atoms with Crippen LogP contribution in [0.5, 0.6) is 0 Å². The first-order chi connectivity index (χ1) is 6.81. The van der Waals surface area contributed by atoms with Gasteiger partial charge >= 0.3 is 0 Å². The average Bonchev–Trinajstić information content (AvgIpc) is 2.63. The third kappa shape index (κ3) is 1.64. The molecular formula is C8H6N4S2. The van der Waals surface area contributed by atoms with Crippen LogP contribution in [0.4, 0.5) is 5.82 Å². The number of thiophene rings is 1. The molecule has 0 saturated carbocycles. The van der Waals surface area contributed by atoms with Gasteiger partial charge in [0.05, 0.1) is 17.2 Å². The normalized spacial score (nSPS) is 10.2. The Bertz CT molecular complexity index is 500. The number of aromatic nitrogens is 2. The number of fused-ring (bicyclic) bond motifs is 1. The van der Waals surface area contributed by atoms with Gasteiger partial charge in [-0.3, -0.25) is 0 Å². The fourth-order valence-electron chi connectivity index (χ4n) is 1.02. The zero-order valence-corrected chi connectivity index (χ0v) is 8.73. The van der Waals surface area contributed by atoms with Crippen LogP contribution in [0, 0.1) is 11.3 Å². The Morgan fingerprint density at radius 2 is 2.43 bits per heavy atom. The molecule has 2 N–H and O–H groups in total. The summed E-state index contributed by atoms with van der Waals surface area (Å²) in [6, 6.07) is 3.92. The Morgan fingerprint density at radius 3 is 3.21 bits per heavy atom. The summed E-state index contributed by atoms with van der Waals surface area (Å²) in [6.07, 6.45) is 0. The minimum Gasteiger partial charge on any atom is -0.383 e. The van der Waals surface area contributed by atoms with Gasteiger partial charge in [0.25, 0.3) is 0 Å². The molecule has 2 aromatic heterocycles. The van der Waals surface area contributed by atoms with E-state index in [4.69, 9.17) is 11.0 Å². The van der Waals surface area contributed by atoms with Crippen molar-refractivity contribution < 1.29 is 0 Å². The van der Waals surface area contributed by atoms with Crippen LogP contribution in [-0.2, 0) is 0 Å². The second-order valence-electron chi connectivity index (χ2n) is 2.48. The Labute approximate surface area is 88.8 Å². The van der Waals surface area contributed by atoms with Gasteiger partial charge in [0.1, 0.15) is 10.6 Å². The topological polar surface area (TPSA) is 75.6 Å². The number of anilines is 1. The van der Waals surface area contributed by atoms with Crippen molar-refractivity contribution in [1.29, 1.82) is 5.26 Å². The number of thioether (sulfide) groups is 1. The summed E-state index contributed by atoms with van der Waals surface area (Å²) in [5.74, 6) is 0.827. The Balaban J connectivity index is 2.44. The van der Waals surface area contributed by atoms with Crippen LogP contribution in [0.25, 0.3) is 10.2 Å². The van der Waals surface area contributed by atoms with E-state index in [1.54, 1.807) is 0 Å². The molecule has 0 fully saturated rings. The van der Waals surface area contributed by atoms with E-state index in [9.17, 15) is 0 Å². The lowest BCUT2D eigenvalue weighted by Crippen LogP contribution is -1.94. The van der Waals surface area contributed by atoms with Crippen LogP contribution >= 0.6 is 23.1 Å². The monoisotopic (exact) mass is 222 g/mol. The number of nitrogen functional groups attached to an aromatic ring is 1. The number of hydrogen-bond donors (Lipinski definition) is 1. The molecule has 0 aliphatic heterocycles. The van der Waals surface area contributed by atoms with Gasteiger partial charge in [0, 0.05) is 0 Å². The lowest BCUT2D eigenvalue weighted by molar-refractivity contribution is 1.02. The maximum absolute atomic E-state index is 8.42. The first kappa shape index (κ1) is 9.24. The fraction of sp³-hybridized carbons (Fsp3) is 0.125. The Hall–Kier alpha value is -1.32. The molecule has 0 radical (unpaired) electrons. The fourth-order valence-corrected chi connectivity index (χ4v) is 2.36. The SMILES string of the molecule is N#CCSc1nc(N)c2ccsc2n1. The summed E-state index contributed by atoms with van der Waals surface area (Å²) >= 11 is 2.82. The molecule has 14 heavy (non-hydrogen) atoms. The molecule has 2 aromatic rings. The van der Waals surface area contributed by atoms with Crippen molar-refractivity contribution in [2.24, 2.45) is 0 Å². The highest BCUT2D eigenvalue weighted by Crippen LogP contribution is 2.25. The van der Waals surface area contributed by atoms with Crippen molar-refractivity contribution in [2.75, 3.05) is 11.5 Å². The van der Waals surface area contributed by atoms with Crippen molar-refractivity contribution in [3.05, 3.63) is 11.4 Å². The smallest absolute Gasteiger partial charge is 0.191 e. The second-order valence-corrected chi connectivity index (χ2v) is 4.31. The van der Waals surface area contributed by atoms with E-state index in [1.165, 1.54) is 23.1 Å². The van der Waals surface area contributed by atoms with Gasteiger partial charge in [-0.1, -0.05) is 11.8 Å². The first-order valence-electron chi connectivity index (χ1n) is 3.81. The number of nitrogens with zero attached hydrogens (tertiary/aromatic N) is 3. The van der Waals surface area contributed by atoms with Crippen molar-refractivity contribution in [3.63, 3.8) is 0 Å². The molecule has 0 amide bonds. The molecule has 0 aliphatic rings. The zero-order valence-electron chi connectivity index (χ0n) is 7.10. The summed E-state index contributed by atoms with van der Waals surface area (Å²) in [5, 5.41) is 11.8. The van der Waals surface area contributed by atoms with Crippen LogP contribution < -0.4 is 5.73 Å². The van der Waals surface area contributed by atoms with Gasteiger partial charge in [-0.15, -0.1) is 11.3 Å². The van der Waals surface area contributed by atoms with Crippen molar-refractivity contribution in [2.45, 2.75) is 5.16 Å². The predicted octanol–water partition coefficient (Wildman–Crippen LogP) is 1.89. The molecular weight excluding hydrogens is 216 g/mol. The minimum atomic E-state index is 0.344. The van der Waals surface area contributed by atoms with E-state index in [0.29, 0.717) is 16.7 Å². The van der Waals surface area contributed by atoms with Gasteiger partial charge in [-0.25, -0.2) is 9.97 Å². The number of rotatable bonds is 2. The molecule has 0 bridgehead atoms. The molecule has 0 aliphatic carbocycles. The molecule has 2 heterocycles. The summed E-state index contributed by atoms with van der Waals surface area (Å²) in [7, 11) is 0. The summed E-state index contributed by atoms with van der Waals surface area (Å²) in [4.78, 5) is 9.24. The zero-order chi connectivity index (χ0) is 9.97. The maximum atomic E-state index is 8.42. The van der Waals surface area contributed by atoms with E-state index in [1.807, 2.05) is 17.5 Å². The van der Waals surface area contributed by atoms with E-state index in [2.05, 4.69) is 9.97 Å². The lowest BCUT2D eigenvalue weighted by atomic mass is 10.4. The first-order valence-corrected chi connectivity index (χ1v) is 5.68. The summed E-state index contributed by atoms with van der Waals surface area (Å²) in [6.45, 7) is 0. The average molecular weight is 222 g/mol. The number of nitriles is 1. The van der Waals surface area contributed by atoms with Gasteiger partial charge < -0.3 is 5.73 Å². The highest BCUT2D eigenvalue weighted by Gasteiger charge is 2.05. The second kappa shape index (κ2) is 3.82. The standard InChI is InChI=1S/C8H6N4S2/c9-2-4-14-8-11-6(10)5-1-3-13-7(5)12-8/h1,3H,4H2,(H2,10,11,12). The van der Waals surface area contributed by atoms with Crippen LogP contribution in [0.3, 0.4) is 0 Å². The lowest BCUT2D eigenvalue weighted by Gasteiger charge is -1.98. The molecule has 0 spiro atoms. The van der Waals surface area contributed by atoms with E-state index in [-0.39, 0.29) is 0 Å². The van der Waals surface area contributed by atoms with Crippen LogP contribution in [-0.4, -0.2) is 15.7 Å². The summed E-state index contributed by atoms with van der Waals surface area (Å²) in [5.41, 5.74) is 5.73. The number of nitrogens with two attached hydrogens (primary N) is 1. The molecule has 6 heteroatoms. The van der Waals surface area contributed by atoms with Gasteiger partial charge in [-0.05, 0) is 11.4 Å². The molecule has 0 saturated heterocycles. The number of hydrogen-bond acceptors (Lipinski definition) is 6. The van der Waals surface area contributed by atoms with Gasteiger partial charge in [0.15, 0.2) is 5.16 Å². The van der Waals surface area contributed by atoms with Crippen molar-refractivity contribution in [3.8, 4) is 6.07 Å².